The third-order valence-electron chi connectivity index (χ3n) is 9.05. The number of nitrogens with two attached hydrogens (primary N) is 1. The molecule has 1 aliphatic carbocycles. The van der Waals surface area contributed by atoms with Crippen molar-refractivity contribution in [3.63, 3.8) is 0 Å². The summed E-state index contributed by atoms with van der Waals surface area (Å²) >= 11 is 6.20. The molecule has 10 heteroatoms. The quantitative estimate of drug-likeness (QED) is 0.281. The number of hydrogen-bond donors (Lipinski definition) is 2. The average Bonchev–Trinajstić information content (AvgIpc) is 3.53. The highest BCUT2D eigenvalue weighted by molar-refractivity contribution is 6.31. The van der Waals surface area contributed by atoms with Crippen LogP contribution in [-0.2, 0) is 7.05 Å². The lowest BCUT2D eigenvalue weighted by molar-refractivity contribution is 0.0828. The molecule has 2 aliphatic rings. The van der Waals surface area contributed by atoms with Crippen LogP contribution in [-0.4, -0.2) is 73.2 Å². The minimum absolute atomic E-state index is 0.413. The fourth-order valence-electron chi connectivity index (χ4n) is 6.63. The molecular formula is C31H36ClN9. The van der Waals surface area contributed by atoms with E-state index in [1.807, 2.05) is 29.8 Å². The zero-order valence-corrected chi connectivity index (χ0v) is 24.3. The van der Waals surface area contributed by atoms with E-state index in [4.69, 9.17) is 27.3 Å². The second-order valence-corrected chi connectivity index (χ2v) is 12.0. The fourth-order valence-corrected chi connectivity index (χ4v) is 6.80. The number of nitrogen functional groups attached to an aromatic ring is 1. The first kappa shape index (κ1) is 26.3. The maximum atomic E-state index is 6.46. The highest BCUT2D eigenvalue weighted by Gasteiger charge is 2.30. The van der Waals surface area contributed by atoms with Crippen LogP contribution in [0.1, 0.15) is 31.7 Å². The molecule has 7 rings (SSSR count). The van der Waals surface area contributed by atoms with E-state index in [1.165, 1.54) is 39.0 Å². The predicted molar refractivity (Wildman–Crippen MR) is 167 cm³/mol. The molecule has 0 spiro atoms. The number of fused-ring (bicyclic) bond motifs is 2. The van der Waals surface area contributed by atoms with Crippen LogP contribution in [0.5, 0.6) is 0 Å². The van der Waals surface area contributed by atoms with Crippen molar-refractivity contribution in [1.29, 1.82) is 0 Å². The summed E-state index contributed by atoms with van der Waals surface area (Å²) in [5.41, 5.74) is 12.4. The van der Waals surface area contributed by atoms with E-state index in [1.54, 1.807) is 6.33 Å². The van der Waals surface area contributed by atoms with Crippen molar-refractivity contribution < 1.29 is 0 Å². The third-order valence-corrected chi connectivity index (χ3v) is 9.28. The molecule has 2 aromatic carbocycles. The molecule has 41 heavy (non-hydrogen) atoms. The lowest BCUT2D eigenvalue weighted by atomic mass is 9.89. The van der Waals surface area contributed by atoms with E-state index in [-0.39, 0.29) is 0 Å². The Balaban J connectivity index is 1.13. The lowest BCUT2D eigenvalue weighted by Gasteiger charge is -2.41. The molecule has 1 aliphatic heterocycles. The number of aromatic nitrogens is 5. The summed E-state index contributed by atoms with van der Waals surface area (Å²) in [6, 6.07) is 15.2. The second-order valence-electron chi connectivity index (χ2n) is 11.5. The Kier molecular flexibility index (Phi) is 6.81. The number of likely N-dealkylation sites (N-methyl/N-ethyl adjacent to an activating group) is 1. The third kappa shape index (κ3) is 4.92. The van der Waals surface area contributed by atoms with Gasteiger partial charge in [0.1, 0.15) is 17.8 Å². The topological polar surface area (TPSA) is 93.1 Å². The van der Waals surface area contributed by atoms with Gasteiger partial charge in [-0.15, -0.1) is 0 Å². The van der Waals surface area contributed by atoms with Crippen molar-refractivity contribution in [2.45, 2.75) is 37.8 Å². The van der Waals surface area contributed by atoms with Gasteiger partial charge in [0.05, 0.1) is 16.4 Å². The number of anilines is 3. The van der Waals surface area contributed by atoms with E-state index in [2.05, 4.69) is 62.2 Å². The van der Waals surface area contributed by atoms with Gasteiger partial charge in [-0.1, -0.05) is 23.7 Å². The Hall–Kier alpha value is -3.66. The van der Waals surface area contributed by atoms with Crippen LogP contribution in [0.3, 0.4) is 0 Å². The van der Waals surface area contributed by atoms with Gasteiger partial charge in [0.15, 0.2) is 0 Å². The fraction of sp³-hybridized carbons (Fsp3) is 0.387. The number of benzene rings is 2. The zero-order chi connectivity index (χ0) is 28.1. The largest absolute Gasteiger partial charge is 0.383 e. The normalized spacial score (nSPS) is 20.7. The van der Waals surface area contributed by atoms with Crippen LogP contribution in [0.15, 0.2) is 55.0 Å². The molecule has 0 unspecified atom stereocenters. The molecule has 1 saturated heterocycles. The first-order valence-corrected chi connectivity index (χ1v) is 14.9. The highest BCUT2D eigenvalue weighted by Crippen LogP contribution is 2.39. The lowest BCUT2D eigenvalue weighted by Crippen LogP contribution is -2.49. The molecule has 212 valence electrons. The van der Waals surface area contributed by atoms with Crippen LogP contribution in [0, 0.1) is 0 Å². The van der Waals surface area contributed by atoms with Gasteiger partial charge in [-0.05, 0) is 68.6 Å². The first-order valence-electron chi connectivity index (χ1n) is 14.5. The number of nitrogens with zero attached hydrogens (tertiary/aromatic N) is 7. The van der Waals surface area contributed by atoms with Gasteiger partial charge in [-0.3, -0.25) is 4.90 Å². The molecule has 1 saturated carbocycles. The Morgan fingerprint density at radius 3 is 2.39 bits per heavy atom. The summed E-state index contributed by atoms with van der Waals surface area (Å²) in [5, 5.41) is 5.07. The van der Waals surface area contributed by atoms with E-state index >= 15 is 0 Å². The number of imidazole rings is 1. The maximum Gasteiger partial charge on any atom is 0.208 e. The van der Waals surface area contributed by atoms with E-state index in [9.17, 15) is 0 Å². The summed E-state index contributed by atoms with van der Waals surface area (Å²) < 4.78 is 4.37. The second kappa shape index (κ2) is 10.6. The van der Waals surface area contributed by atoms with Crippen LogP contribution < -0.4 is 11.1 Å². The average molecular weight is 570 g/mol. The van der Waals surface area contributed by atoms with Crippen molar-refractivity contribution in [3.8, 4) is 11.1 Å². The van der Waals surface area contributed by atoms with Gasteiger partial charge in [-0.2, -0.15) is 0 Å². The Labute approximate surface area is 244 Å². The molecule has 0 amide bonds. The molecule has 0 radical (unpaired) electrons. The van der Waals surface area contributed by atoms with Gasteiger partial charge in [0, 0.05) is 67.8 Å². The molecule has 4 heterocycles. The van der Waals surface area contributed by atoms with E-state index in [0.717, 1.165) is 57.7 Å². The van der Waals surface area contributed by atoms with Crippen molar-refractivity contribution in [3.05, 3.63) is 60.0 Å². The van der Waals surface area contributed by atoms with Gasteiger partial charge in [0.25, 0.3) is 0 Å². The Bertz CT molecular complexity index is 1690. The van der Waals surface area contributed by atoms with E-state index in [0.29, 0.717) is 22.9 Å². The highest BCUT2D eigenvalue weighted by atomic mass is 35.5. The van der Waals surface area contributed by atoms with Crippen LogP contribution in [0.4, 0.5) is 17.5 Å². The standard InChI is InChI=1S/C31H36ClN9/c1-38-13-15-40(16-14-38)23-8-10-24(11-9-23)41-18-25(28-29(33)34-19-35-30(28)41)20-3-6-22(7-4-20)36-31-37-26-12-5-21(32)17-27(26)39(31)2/h3-7,12,17-19,23-24H,8-11,13-16H2,1-2H3,(H,36,37)(H2,33,34,35)/t23-,24-. The number of rotatable bonds is 5. The maximum absolute atomic E-state index is 6.46. The summed E-state index contributed by atoms with van der Waals surface area (Å²) in [4.78, 5) is 18.9. The smallest absolute Gasteiger partial charge is 0.208 e. The molecule has 0 atom stereocenters. The predicted octanol–water partition coefficient (Wildman–Crippen LogP) is 5.70. The summed E-state index contributed by atoms with van der Waals surface area (Å²) in [5.74, 6) is 1.28. The molecule has 2 fully saturated rings. The minimum atomic E-state index is 0.413. The van der Waals surface area contributed by atoms with Crippen LogP contribution in [0.2, 0.25) is 5.02 Å². The summed E-state index contributed by atoms with van der Waals surface area (Å²) in [6.45, 7) is 4.71. The van der Waals surface area contributed by atoms with Crippen LogP contribution >= 0.6 is 11.6 Å². The van der Waals surface area contributed by atoms with Crippen molar-refractivity contribution >= 4 is 51.1 Å². The number of halogens is 1. The number of hydrogen-bond acceptors (Lipinski definition) is 7. The molecule has 3 N–H and O–H groups in total. The minimum Gasteiger partial charge on any atom is -0.383 e. The van der Waals surface area contributed by atoms with Crippen molar-refractivity contribution in [1.82, 2.24) is 33.9 Å². The van der Waals surface area contributed by atoms with E-state index < -0.39 is 0 Å². The SMILES string of the molecule is CN1CCN([C@H]2CC[C@H](n3cc(-c4ccc(Nc5nc6ccc(Cl)cc6n5C)cc4)c4c(N)ncnc43)CC2)CC1. The molecular weight excluding hydrogens is 534 g/mol. The number of aryl methyl sites for hydroxylation is 1. The number of piperazine rings is 1. The molecule has 5 aromatic rings. The Morgan fingerprint density at radius 2 is 1.63 bits per heavy atom. The Morgan fingerprint density at radius 1 is 0.902 bits per heavy atom. The van der Waals surface area contributed by atoms with Crippen molar-refractivity contribution in [2.75, 3.05) is 44.3 Å². The summed E-state index contributed by atoms with van der Waals surface area (Å²) in [7, 11) is 4.21. The van der Waals surface area contributed by atoms with Gasteiger partial charge in [-0.25, -0.2) is 15.0 Å². The van der Waals surface area contributed by atoms with Gasteiger partial charge >= 0.3 is 0 Å². The monoisotopic (exact) mass is 569 g/mol. The summed E-state index contributed by atoms with van der Waals surface area (Å²) in [6.07, 6.45) is 8.57. The zero-order valence-electron chi connectivity index (χ0n) is 23.6. The van der Waals surface area contributed by atoms with Gasteiger partial charge in [0.2, 0.25) is 5.95 Å². The van der Waals surface area contributed by atoms with Crippen LogP contribution in [0.25, 0.3) is 33.2 Å². The van der Waals surface area contributed by atoms with Crippen molar-refractivity contribution in [2.24, 2.45) is 7.05 Å². The van der Waals surface area contributed by atoms with Gasteiger partial charge < -0.3 is 25.1 Å². The molecule has 0 bridgehead atoms. The number of nitrogens with one attached hydrogen (secondary N) is 1. The molecule has 3 aromatic heterocycles. The molecule has 9 nitrogen and oxygen atoms in total. The first-order chi connectivity index (χ1) is 19.9.